The highest BCUT2D eigenvalue weighted by Gasteiger charge is 2.19. The summed E-state index contributed by atoms with van der Waals surface area (Å²) < 4.78 is 6.43. The molecule has 2 aromatic heterocycles. The molecule has 0 saturated heterocycles. The summed E-state index contributed by atoms with van der Waals surface area (Å²) in [5, 5.41) is 12.9. The highest BCUT2D eigenvalue weighted by molar-refractivity contribution is 7.09. The molecule has 1 aromatic carbocycles. The monoisotopic (exact) mass is 413 g/mol. The zero-order chi connectivity index (χ0) is 20.8. The van der Waals surface area contributed by atoms with E-state index in [1.165, 1.54) is 11.3 Å². The normalized spacial score (nSPS) is 10.5. The summed E-state index contributed by atoms with van der Waals surface area (Å²) in [6.45, 7) is 0.351. The molecule has 29 heavy (non-hydrogen) atoms. The maximum Gasteiger partial charge on any atom is 0.285 e. The van der Waals surface area contributed by atoms with Gasteiger partial charge < -0.3 is 9.64 Å². The zero-order valence-corrected chi connectivity index (χ0v) is 16.5. The van der Waals surface area contributed by atoms with E-state index in [0.717, 1.165) is 33.3 Å². The fourth-order valence-corrected chi connectivity index (χ4v) is 3.58. The van der Waals surface area contributed by atoms with Crippen LogP contribution in [0.1, 0.15) is 10.4 Å². The summed E-state index contributed by atoms with van der Waals surface area (Å²) in [7, 11) is 1.56. The van der Waals surface area contributed by atoms with Crippen molar-refractivity contribution in [2.75, 3.05) is 7.11 Å². The molecule has 3 rings (SSSR count). The van der Waals surface area contributed by atoms with Gasteiger partial charge >= 0.3 is 0 Å². The van der Waals surface area contributed by atoms with Crippen LogP contribution in [-0.4, -0.2) is 27.4 Å². The second-order valence-electron chi connectivity index (χ2n) is 6.25. The molecular formula is C20H19N3O5S. The number of ether oxygens (including phenoxy) is 1. The van der Waals surface area contributed by atoms with Crippen molar-refractivity contribution in [3.05, 3.63) is 91.0 Å². The number of benzene rings is 1. The number of nitro groups is 1. The number of hydrogen-bond donors (Lipinski definition) is 0. The number of para-hydroxylation sites is 1. The smallest absolute Gasteiger partial charge is 0.285 e. The van der Waals surface area contributed by atoms with Crippen LogP contribution in [0, 0.1) is 10.1 Å². The van der Waals surface area contributed by atoms with Crippen molar-refractivity contribution < 1.29 is 14.5 Å². The van der Waals surface area contributed by atoms with Crippen LogP contribution in [0.2, 0.25) is 0 Å². The summed E-state index contributed by atoms with van der Waals surface area (Å²) >= 11 is 1.52. The van der Waals surface area contributed by atoms with Gasteiger partial charge in [0, 0.05) is 29.1 Å². The number of pyridine rings is 1. The number of hydrogen-bond acceptors (Lipinski definition) is 6. The maximum atomic E-state index is 13.0. The lowest BCUT2D eigenvalue weighted by Gasteiger charge is -2.23. The number of carbonyl (C=O) groups is 1. The van der Waals surface area contributed by atoms with Gasteiger partial charge in [0.2, 0.25) is 5.91 Å². The molecule has 0 fully saturated rings. The first-order valence-electron chi connectivity index (χ1n) is 8.75. The van der Waals surface area contributed by atoms with E-state index in [0.29, 0.717) is 12.3 Å². The van der Waals surface area contributed by atoms with Gasteiger partial charge in [-0.2, -0.15) is 0 Å². The fourth-order valence-electron chi connectivity index (χ4n) is 2.86. The van der Waals surface area contributed by atoms with Crippen LogP contribution in [0.5, 0.6) is 5.75 Å². The van der Waals surface area contributed by atoms with E-state index in [9.17, 15) is 19.7 Å². The fraction of sp³-hybridized carbons (Fsp3) is 0.200. The van der Waals surface area contributed by atoms with Crippen LogP contribution in [0.25, 0.3) is 0 Å². The van der Waals surface area contributed by atoms with Crippen molar-refractivity contribution in [1.29, 1.82) is 0 Å². The average molecular weight is 413 g/mol. The average Bonchev–Trinajstić information content (AvgIpc) is 3.22. The molecule has 0 aliphatic heterocycles. The van der Waals surface area contributed by atoms with Gasteiger partial charge in [0.15, 0.2) is 0 Å². The Balaban J connectivity index is 1.87. The van der Waals surface area contributed by atoms with Crippen LogP contribution in [0.4, 0.5) is 5.69 Å². The van der Waals surface area contributed by atoms with Gasteiger partial charge in [-0.05, 0) is 17.5 Å². The third-order valence-corrected chi connectivity index (χ3v) is 5.18. The molecule has 0 bridgehead atoms. The molecule has 3 aromatic rings. The number of aromatic nitrogens is 1. The maximum absolute atomic E-state index is 13.0. The molecule has 0 aliphatic carbocycles. The Kier molecular flexibility index (Phi) is 6.40. The predicted octanol–water partition coefficient (Wildman–Crippen LogP) is 3.06. The van der Waals surface area contributed by atoms with Crippen molar-refractivity contribution in [2.24, 2.45) is 0 Å². The van der Waals surface area contributed by atoms with Crippen LogP contribution in [0.3, 0.4) is 0 Å². The van der Waals surface area contributed by atoms with Crippen LogP contribution < -0.4 is 10.3 Å². The van der Waals surface area contributed by atoms with E-state index in [2.05, 4.69) is 0 Å². The summed E-state index contributed by atoms with van der Waals surface area (Å²) in [4.78, 5) is 38.1. The van der Waals surface area contributed by atoms with Crippen molar-refractivity contribution in [1.82, 2.24) is 9.47 Å². The number of thiophene rings is 1. The minimum atomic E-state index is -0.599. The number of carbonyl (C=O) groups excluding carboxylic acids is 1. The van der Waals surface area contributed by atoms with E-state index in [1.807, 2.05) is 41.8 Å². The van der Waals surface area contributed by atoms with Gasteiger partial charge in [-0.3, -0.25) is 24.3 Å². The highest BCUT2D eigenvalue weighted by atomic mass is 32.1. The van der Waals surface area contributed by atoms with E-state index in [-0.39, 0.29) is 24.7 Å². The zero-order valence-electron chi connectivity index (χ0n) is 15.7. The number of amides is 1. The quantitative estimate of drug-likeness (QED) is 0.418. The van der Waals surface area contributed by atoms with E-state index in [1.54, 1.807) is 12.0 Å². The molecule has 0 aliphatic rings. The van der Waals surface area contributed by atoms with Crippen LogP contribution in [-0.2, 0) is 24.4 Å². The molecule has 9 heteroatoms. The van der Waals surface area contributed by atoms with Gasteiger partial charge in [-0.25, -0.2) is 0 Å². The topological polar surface area (TPSA) is 94.7 Å². The molecule has 0 N–H and O–H groups in total. The Bertz CT molecular complexity index is 1060. The predicted molar refractivity (Wildman–Crippen MR) is 109 cm³/mol. The van der Waals surface area contributed by atoms with Gasteiger partial charge in [-0.1, -0.05) is 24.3 Å². The second-order valence-corrected chi connectivity index (χ2v) is 7.28. The lowest BCUT2D eigenvalue weighted by molar-refractivity contribution is -0.385. The summed E-state index contributed by atoms with van der Waals surface area (Å²) in [6.07, 6.45) is 1.09. The largest absolute Gasteiger partial charge is 0.496 e. The Labute approximate surface area is 170 Å². The lowest BCUT2D eigenvalue weighted by atomic mass is 10.2. The summed E-state index contributed by atoms with van der Waals surface area (Å²) in [6, 6.07) is 13.4. The van der Waals surface area contributed by atoms with E-state index >= 15 is 0 Å². The van der Waals surface area contributed by atoms with E-state index in [4.69, 9.17) is 4.74 Å². The number of methoxy groups -OCH3 is 1. The van der Waals surface area contributed by atoms with Gasteiger partial charge in [0.1, 0.15) is 12.3 Å². The standard InChI is InChI=1S/C20H19N3O5S/c1-28-18-7-3-2-5-15(18)11-21(13-17-6-4-10-29-17)20(25)14-22-12-16(23(26)27)8-9-19(22)24/h2-10,12H,11,13-14H2,1H3. The van der Waals surface area contributed by atoms with Crippen molar-refractivity contribution in [2.45, 2.75) is 19.6 Å². The Morgan fingerprint density at radius 2 is 1.97 bits per heavy atom. The van der Waals surface area contributed by atoms with Gasteiger partial charge in [-0.15, -0.1) is 11.3 Å². The van der Waals surface area contributed by atoms with Gasteiger partial charge in [0.05, 0.1) is 24.8 Å². The first-order valence-corrected chi connectivity index (χ1v) is 9.63. The molecular weight excluding hydrogens is 394 g/mol. The van der Waals surface area contributed by atoms with Crippen molar-refractivity contribution in [3.63, 3.8) is 0 Å². The second kappa shape index (κ2) is 9.16. The van der Waals surface area contributed by atoms with Crippen LogP contribution in [0.15, 0.2) is 64.9 Å². The Hall–Kier alpha value is -3.46. The van der Waals surface area contributed by atoms with Crippen LogP contribution >= 0.6 is 11.3 Å². The molecule has 0 atom stereocenters. The summed E-state index contributed by atoms with van der Waals surface area (Å²) in [5.41, 5.74) is 0.107. The SMILES string of the molecule is COc1ccccc1CN(Cc1cccs1)C(=O)Cn1cc([N+](=O)[O-])ccc1=O. The molecule has 0 spiro atoms. The molecule has 1 amide bonds. The van der Waals surface area contributed by atoms with Gasteiger partial charge in [0.25, 0.3) is 11.2 Å². The third-order valence-electron chi connectivity index (χ3n) is 4.32. The number of rotatable bonds is 8. The minimum Gasteiger partial charge on any atom is -0.496 e. The Morgan fingerprint density at radius 3 is 2.66 bits per heavy atom. The lowest BCUT2D eigenvalue weighted by Crippen LogP contribution is -2.35. The molecule has 150 valence electrons. The summed E-state index contributed by atoms with van der Waals surface area (Å²) in [5.74, 6) is 0.330. The molecule has 8 nitrogen and oxygen atoms in total. The molecule has 0 unspecified atom stereocenters. The third kappa shape index (κ3) is 5.08. The molecule has 0 radical (unpaired) electrons. The first kappa shape index (κ1) is 20.3. The number of nitrogens with zero attached hydrogens (tertiary/aromatic N) is 3. The minimum absolute atomic E-state index is 0.244. The highest BCUT2D eigenvalue weighted by Crippen LogP contribution is 2.22. The van der Waals surface area contributed by atoms with Crippen molar-refractivity contribution in [3.8, 4) is 5.75 Å². The molecule has 0 saturated carbocycles. The molecule has 2 heterocycles. The Morgan fingerprint density at radius 1 is 1.17 bits per heavy atom. The first-order chi connectivity index (χ1) is 14.0. The van der Waals surface area contributed by atoms with E-state index < -0.39 is 10.5 Å². The van der Waals surface area contributed by atoms with Crippen molar-refractivity contribution >= 4 is 22.9 Å².